The number of hydrogen-bond donors (Lipinski definition) is 2. The van der Waals surface area contributed by atoms with Crippen molar-refractivity contribution in [1.29, 1.82) is 0 Å². The van der Waals surface area contributed by atoms with Gasteiger partial charge >= 0.3 is 0 Å². The summed E-state index contributed by atoms with van der Waals surface area (Å²) in [5.74, 6) is 1.06. The van der Waals surface area contributed by atoms with Crippen LogP contribution in [0.3, 0.4) is 0 Å². The number of rotatable bonds is 8. The standard InChI is InChI=1S/C17H27NO3/c1-12(2)15-8-7-13(3)16(10-15)21-11-17(20)18-14(4)6-5-9-19/h7-8,10,12,14,19H,5-6,9,11H2,1-4H3,(H,18,20). The zero-order valence-electron chi connectivity index (χ0n) is 13.5. The molecule has 0 spiro atoms. The van der Waals surface area contributed by atoms with Gasteiger partial charge in [-0.05, 0) is 49.8 Å². The molecule has 0 fully saturated rings. The molecule has 1 rings (SSSR count). The maximum absolute atomic E-state index is 11.8. The second kappa shape index (κ2) is 8.67. The molecule has 1 aromatic carbocycles. The van der Waals surface area contributed by atoms with Crippen LogP contribution in [0.2, 0.25) is 0 Å². The lowest BCUT2D eigenvalue weighted by Gasteiger charge is -2.15. The molecule has 0 radical (unpaired) electrons. The fourth-order valence-electron chi connectivity index (χ4n) is 2.06. The zero-order valence-corrected chi connectivity index (χ0v) is 13.5. The van der Waals surface area contributed by atoms with Gasteiger partial charge in [-0.15, -0.1) is 0 Å². The van der Waals surface area contributed by atoms with Crippen LogP contribution in [0.5, 0.6) is 5.75 Å². The van der Waals surface area contributed by atoms with Gasteiger partial charge in [0.25, 0.3) is 5.91 Å². The number of nitrogens with one attached hydrogen (secondary N) is 1. The predicted octanol–water partition coefficient (Wildman–Crippen LogP) is 2.77. The summed E-state index contributed by atoms with van der Waals surface area (Å²) < 4.78 is 5.63. The summed E-state index contributed by atoms with van der Waals surface area (Å²) in [6, 6.07) is 6.16. The first-order chi connectivity index (χ1) is 9.93. The number of benzene rings is 1. The first-order valence-electron chi connectivity index (χ1n) is 7.57. The average molecular weight is 293 g/mol. The molecule has 4 nitrogen and oxygen atoms in total. The molecule has 0 saturated heterocycles. The van der Waals surface area contributed by atoms with Crippen molar-refractivity contribution in [3.8, 4) is 5.75 Å². The van der Waals surface area contributed by atoms with Gasteiger partial charge in [-0.1, -0.05) is 26.0 Å². The van der Waals surface area contributed by atoms with E-state index in [1.165, 1.54) is 5.56 Å². The van der Waals surface area contributed by atoms with Crippen molar-refractivity contribution < 1.29 is 14.6 Å². The molecule has 118 valence electrons. The van der Waals surface area contributed by atoms with E-state index in [9.17, 15) is 4.79 Å². The van der Waals surface area contributed by atoms with E-state index in [1.807, 2.05) is 26.0 Å². The Morgan fingerprint density at radius 3 is 2.67 bits per heavy atom. The Labute approximate surface area is 127 Å². The molecule has 0 heterocycles. The van der Waals surface area contributed by atoms with Crippen LogP contribution in [0.4, 0.5) is 0 Å². The fourth-order valence-corrected chi connectivity index (χ4v) is 2.06. The molecular formula is C17H27NO3. The largest absolute Gasteiger partial charge is 0.483 e. The topological polar surface area (TPSA) is 58.6 Å². The van der Waals surface area contributed by atoms with Crippen molar-refractivity contribution in [2.45, 2.75) is 52.5 Å². The van der Waals surface area contributed by atoms with Gasteiger partial charge in [-0.2, -0.15) is 0 Å². The van der Waals surface area contributed by atoms with Crippen LogP contribution in [-0.4, -0.2) is 30.3 Å². The number of hydrogen-bond acceptors (Lipinski definition) is 3. The van der Waals surface area contributed by atoms with E-state index in [4.69, 9.17) is 9.84 Å². The van der Waals surface area contributed by atoms with E-state index < -0.39 is 0 Å². The molecule has 1 aromatic rings. The number of carbonyl (C=O) groups is 1. The van der Waals surface area contributed by atoms with Gasteiger partial charge in [-0.25, -0.2) is 0 Å². The summed E-state index contributed by atoms with van der Waals surface area (Å²) in [6.45, 7) is 8.33. The molecule has 0 aromatic heterocycles. The van der Waals surface area contributed by atoms with E-state index in [1.54, 1.807) is 0 Å². The molecule has 1 atom stereocenters. The Balaban J connectivity index is 2.51. The Kier molecular flexibility index (Phi) is 7.23. The van der Waals surface area contributed by atoms with Gasteiger partial charge in [0.1, 0.15) is 5.75 Å². The zero-order chi connectivity index (χ0) is 15.8. The number of aliphatic hydroxyl groups is 1. The third kappa shape index (κ3) is 6.17. The van der Waals surface area contributed by atoms with Crippen molar-refractivity contribution in [3.63, 3.8) is 0 Å². The number of amides is 1. The van der Waals surface area contributed by atoms with Crippen molar-refractivity contribution in [2.75, 3.05) is 13.2 Å². The molecule has 0 bridgehead atoms. The smallest absolute Gasteiger partial charge is 0.258 e. The molecule has 1 amide bonds. The lowest BCUT2D eigenvalue weighted by atomic mass is 10.0. The van der Waals surface area contributed by atoms with E-state index in [-0.39, 0.29) is 25.2 Å². The normalized spacial score (nSPS) is 12.3. The quantitative estimate of drug-likeness (QED) is 0.775. The van der Waals surface area contributed by atoms with E-state index in [0.29, 0.717) is 12.3 Å². The number of aryl methyl sites for hydroxylation is 1. The fraction of sp³-hybridized carbons (Fsp3) is 0.588. The second-order valence-corrected chi connectivity index (χ2v) is 5.80. The van der Waals surface area contributed by atoms with E-state index >= 15 is 0 Å². The van der Waals surface area contributed by atoms with Crippen molar-refractivity contribution >= 4 is 5.91 Å². The van der Waals surface area contributed by atoms with Crippen molar-refractivity contribution in [1.82, 2.24) is 5.32 Å². The number of carbonyl (C=O) groups excluding carboxylic acids is 1. The highest BCUT2D eigenvalue weighted by molar-refractivity contribution is 5.77. The SMILES string of the molecule is Cc1ccc(C(C)C)cc1OCC(=O)NC(C)CCCO. The average Bonchev–Trinajstić information content (AvgIpc) is 2.43. The minimum Gasteiger partial charge on any atom is -0.483 e. The van der Waals surface area contributed by atoms with Gasteiger partial charge in [0, 0.05) is 12.6 Å². The molecule has 2 N–H and O–H groups in total. The minimum atomic E-state index is -0.130. The summed E-state index contributed by atoms with van der Waals surface area (Å²) >= 11 is 0. The Bertz CT molecular complexity index is 457. The van der Waals surface area contributed by atoms with Crippen molar-refractivity contribution in [3.05, 3.63) is 29.3 Å². The first kappa shape index (κ1) is 17.5. The van der Waals surface area contributed by atoms with Gasteiger partial charge < -0.3 is 15.2 Å². The molecule has 21 heavy (non-hydrogen) atoms. The molecular weight excluding hydrogens is 266 g/mol. The third-order valence-electron chi connectivity index (χ3n) is 3.44. The third-order valence-corrected chi connectivity index (χ3v) is 3.44. The Hall–Kier alpha value is -1.55. The van der Waals surface area contributed by atoms with Gasteiger partial charge in [-0.3, -0.25) is 4.79 Å². The van der Waals surface area contributed by atoms with Crippen LogP contribution in [0.15, 0.2) is 18.2 Å². The molecule has 0 aliphatic rings. The monoisotopic (exact) mass is 293 g/mol. The summed E-state index contributed by atoms with van der Waals surface area (Å²) in [4.78, 5) is 11.8. The highest BCUT2D eigenvalue weighted by Gasteiger charge is 2.10. The predicted molar refractivity (Wildman–Crippen MR) is 84.7 cm³/mol. The highest BCUT2D eigenvalue weighted by Crippen LogP contribution is 2.24. The van der Waals surface area contributed by atoms with Crippen LogP contribution in [-0.2, 0) is 4.79 Å². The van der Waals surface area contributed by atoms with Crippen LogP contribution in [0.1, 0.15) is 50.7 Å². The lowest BCUT2D eigenvalue weighted by molar-refractivity contribution is -0.123. The summed E-state index contributed by atoms with van der Waals surface area (Å²) in [7, 11) is 0. The highest BCUT2D eigenvalue weighted by atomic mass is 16.5. The van der Waals surface area contributed by atoms with Crippen LogP contribution < -0.4 is 10.1 Å². The van der Waals surface area contributed by atoms with Gasteiger partial charge in [0.15, 0.2) is 6.61 Å². The summed E-state index contributed by atoms with van der Waals surface area (Å²) in [5, 5.41) is 11.6. The molecule has 0 aliphatic heterocycles. The van der Waals surface area contributed by atoms with E-state index in [0.717, 1.165) is 17.7 Å². The molecule has 0 aliphatic carbocycles. The molecule has 4 heteroatoms. The maximum atomic E-state index is 11.8. The Morgan fingerprint density at radius 1 is 1.33 bits per heavy atom. The van der Waals surface area contributed by atoms with Crippen LogP contribution in [0, 0.1) is 6.92 Å². The molecule has 0 saturated carbocycles. The van der Waals surface area contributed by atoms with E-state index in [2.05, 4.69) is 25.2 Å². The summed E-state index contributed by atoms with van der Waals surface area (Å²) in [6.07, 6.45) is 1.46. The number of aliphatic hydroxyl groups excluding tert-OH is 1. The molecule has 1 unspecified atom stereocenters. The van der Waals surface area contributed by atoms with Crippen molar-refractivity contribution in [2.24, 2.45) is 0 Å². The van der Waals surface area contributed by atoms with Gasteiger partial charge in [0.2, 0.25) is 0 Å². The lowest BCUT2D eigenvalue weighted by Crippen LogP contribution is -2.36. The Morgan fingerprint density at radius 2 is 2.05 bits per heavy atom. The minimum absolute atomic E-state index is 0.0197. The van der Waals surface area contributed by atoms with Crippen LogP contribution in [0.25, 0.3) is 0 Å². The first-order valence-corrected chi connectivity index (χ1v) is 7.57. The number of ether oxygens (including phenoxy) is 1. The summed E-state index contributed by atoms with van der Waals surface area (Å²) in [5.41, 5.74) is 2.23. The maximum Gasteiger partial charge on any atom is 0.258 e. The second-order valence-electron chi connectivity index (χ2n) is 5.80. The van der Waals surface area contributed by atoms with Crippen LogP contribution >= 0.6 is 0 Å². The van der Waals surface area contributed by atoms with Gasteiger partial charge in [0.05, 0.1) is 0 Å².